The fourth-order valence-corrected chi connectivity index (χ4v) is 1.44. The van der Waals surface area contributed by atoms with Crippen LogP contribution >= 0.6 is 11.6 Å². The first-order valence-electron chi connectivity index (χ1n) is 4.52. The Kier molecular flexibility index (Phi) is 2.88. The molecule has 1 fully saturated rings. The first-order chi connectivity index (χ1) is 7.18. The zero-order valence-electron chi connectivity index (χ0n) is 7.80. The van der Waals surface area contributed by atoms with Gasteiger partial charge in [0.1, 0.15) is 5.82 Å². The van der Waals surface area contributed by atoms with Gasteiger partial charge in [0.2, 0.25) is 0 Å². The first kappa shape index (κ1) is 10.4. The van der Waals surface area contributed by atoms with Gasteiger partial charge in [-0.15, -0.1) is 0 Å². The Morgan fingerprint density at radius 1 is 1.67 bits per heavy atom. The summed E-state index contributed by atoms with van der Waals surface area (Å²) in [6.45, 7) is 1.04. The SMILES string of the molecule is O=C(NCC1CO1)c1c(F)cccc1Cl. The second kappa shape index (κ2) is 4.16. The molecule has 1 aromatic rings. The number of amides is 1. The number of epoxide rings is 1. The molecule has 1 unspecified atom stereocenters. The Hall–Kier alpha value is -1.13. The van der Waals surface area contributed by atoms with Gasteiger partial charge in [0.25, 0.3) is 5.91 Å². The topological polar surface area (TPSA) is 41.6 Å². The highest BCUT2D eigenvalue weighted by Gasteiger charge is 2.24. The number of ether oxygens (including phenoxy) is 1. The third-order valence-corrected chi connectivity index (χ3v) is 2.40. The van der Waals surface area contributed by atoms with Crippen LogP contribution in [-0.2, 0) is 4.74 Å². The Labute approximate surface area is 91.2 Å². The second-order valence-electron chi connectivity index (χ2n) is 3.26. The van der Waals surface area contributed by atoms with Crippen LogP contribution in [0.2, 0.25) is 5.02 Å². The lowest BCUT2D eigenvalue weighted by Gasteiger charge is -2.05. The summed E-state index contributed by atoms with van der Waals surface area (Å²) in [5, 5.41) is 2.67. The van der Waals surface area contributed by atoms with Gasteiger partial charge in [-0.25, -0.2) is 4.39 Å². The molecular weight excluding hydrogens is 221 g/mol. The van der Waals surface area contributed by atoms with Crippen LogP contribution in [0, 0.1) is 5.82 Å². The molecule has 1 heterocycles. The number of nitrogens with one attached hydrogen (secondary N) is 1. The average molecular weight is 230 g/mol. The lowest BCUT2D eigenvalue weighted by Crippen LogP contribution is -2.28. The number of halogens is 2. The van der Waals surface area contributed by atoms with E-state index in [4.69, 9.17) is 16.3 Å². The van der Waals surface area contributed by atoms with E-state index in [1.54, 1.807) is 0 Å². The minimum Gasteiger partial charge on any atom is -0.371 e. The molecule has 1 aliphatic rings. The van der Waals surface area contributed by atoms with Crippen molar-refractivity contribution in [2.24, 2.45) is 0 Å². The van der Waals surface area contributed by atoms with Gasteiger partial charge >= 0.3 is 0 Å². The van der Waals surface area contributed by atoms with Crippen molar-refractivity contribution in [2.45, 2.75) is 6.10 Å². The Morgan fingerprint density at radius 2 is 2.40 bits per heavy atom. The number of hydrogen-bond acceptors (Lipinski definition) is 2. The normalized spacial score (nSPS) is 18.7. The van der Waals surface area contributed by atoms with Gasteiger partial charge < -0.3 is 10.1 Å². The summed E-state index contributed by atoms with van der Waals surface area (Å²) >= 11 is 5.72. The summed E-state index contributed by atoms with van der Waals surface area (Å²) in [6.07, 6.45) is 0.0690. The second-order valence-corrected chi connectivity index (χ2v) is 3.67. The zero-order valence-corrected chi connectivity index (χ0v) is 8.55. The molecule has 5 heteroatoms. The monoisotopic (exact) mass is 229 g/mol. The summed E-state index contributed by atoms with van der Waals surface area (Å²) in [5.74, 6) is -1.12. The van der Waals surface area contributed by atoms with Crippen LogP contribution in [0.1, 0.15) is 10.4 Å². The summed E-state index contributed by atoms with van der Waals surface area (Å²) < 4.78 is 18.2. The molecule has 0 radical (unpaired) electrons. The zero-order chi connectivity index (χ0) is 10.8. The number of carbonyl (C=O) groups excluding carboxylic acids is 1. The summed E-state index contributed by atoms with van der Waals surface area (Å²) in [4.78, 5) is 11.5. The summed E-state index contributed by atoms with van der Waals surface area (Å²) in [5.41, 5.74) is -0.111. The Bertz CT molecular complexity index is 373. The van der Waals surface area contributed by atoms with Crippen molar-refractivity contribution in [3.05, 3.63) is 34.6 Å². The molecule has 0 spiro atoms. The lowest BCUT2D eigenvalue weighted by atomic mass is 10.2. The molecule has 15 heavy (non-hydrogen) atoms. The number of benzene rings is 1. The first-order valence-corrected chi connectivity index (χ1v) is 4.90. The van der Waals surface area contributed by atoms with Crippen molar-refractivity contribution < 1.29 is 13.9 Å². The third-order valence-electron chi connectivity index (χ3n) is 2.08. The highest BCUT2D eigenvalue weighted by atomic mass is 35.5. The van der Waals surface area contributed by atoms with E-state index < -0.39 is 11.7 Å². The van der Waals surface area contributed by atoms with Gasteiger partial charge in [-0.2, -0.15) is 0 Å². The highest BCUT2D eigenvalue weighted by Crippen LogP contribution is 2.18. The predicted molar refractivity (Wildman–Crippen MR) is 53.5 cm³/mol. The Balaban J connectivity index is 2.09. The van der Waals surface area contributed by atoms with E-state index >= 15 is 0 Å². The largest absolute Gasteiger partial charge is 0.371 e. The molecule has 1 saturated heterocycles. The average Bonchev–Trinajstić information content (AvgIpc) is 2.97. The van der Waals surface area contributed by atoms with Gasteiger partial charge in [-0.3, -0.25) is 4.79 Å². The molecule has 3 nitrogen and oxygen atoms in total. The van der Waals surface area contributed by atoms with Crippen molar-refractivity contribution in [1.29, 1.82) is 0 Å². The minimum absolute atomic E-state index is 0.0690. The van der Waals surface area contributed by atoms with E-state index in [9.17, 15) is 9.18 Å². The van der Waals surface area contributed by atoms with E-state index in [0.29, 0.717) is 13.2 Å². The standard InChI is InChI=1S/C10H9ClFNO2/c11-7-2-1-3-8(12)9(7)10(14)13-4-6-5-15-6/h1-3,6H,4-5H2,(H,13,14). The minimum atomic E-state index is -0.614. The van der Waals surface area contributed by atoms with Crippen LogP contribution in [0.4, 0.5) is 4.39 Å². The van der Waals surface area contributed by atoms with Gasteiger partial charge in [0, 0.05) is 6.54 Å². The van der Waals surface area contributed by atoms with E-state index in [1.807, 2.05) is 0 Å². The van der Waals surface area contributed by atoms with Crippen molar-refractivity contribution in [1.82, 2.24) is 5.32 Å². The van der Waals surface area contributed by atoms with Crippen molar-refractivity contribution >= 4 is 17.5 Å². The van der Waals surface area contributed by atoms with Crippen molar-refractivity contribution in [3.63, 3.8) is 0 Å². The van der Waals surface area contributed by atoms with E-state index in [2.05, 4.69) is 5.32 Å². The van der Waals surface area contributed by atoms with Crippen LogP contribution < -0.4 is 5.32 Å². The molecule has 0 aromatic heterocycles. The molecular formula is C10H9ClFNO2. The van der Waals surface area contributed by atoms with Gasteiger partial charge in [0.05, 0.1) is 23.3 Å². The summed E-state index contributed by atoms with van der Waals surface area (Å²) in [6, 6.07) is 4.14. The molecule has 0 bridgehead atoms. The van der Waals surface area contributed by atoms with E-state index in [0.717, 1.165) is 0 Å². The summed E-state index contributed by atoms with van der Waals surface area (Å²) in [7, 11) is 0. The van der Waals surface area contributed by atoms with Gasteiger partial charge in [0.15, 0.2) is 0 Å². The lowest BCUT2D eigenvalue weighted by molar-refractivity contribution is 0.0946. The Morgan fingerprint density at radius 3 is 3.00 bits per heavy atom. The molecule has 80 valence electrons. The van der Waals surface area contributed by atoms with Crippen molar-refractivity contribution in [2.75, 3.05) is 13.2 Å². The molecule has 1 aromatic carbocycles. The maximum absolute atomic E-state index is 13.3. The van der Waals surface area contributed by atoms with E-state index in [1.165, 1.54) is 18.2 Å². The van der Waals surface area contributed by atoms with Crippen LogP contribution in [0.25, 0.3) is 0 Å². The van der Waals surface area contributed by atoms with Gasteiger partial charge in [-0.05, 0) is 12.1 Å². The third kappa shape index (κ3) is 2.46. The van der Waals surface area contributed by atoms with Gasteiger partial charge in [-0.1, -0.05) is 17.7 Å². The molecule has 1 amide bonds. The smallest absolute Gasteiger partial charge is 0.255 e. The fourth-order valence-electron chi connectivity index (χ4n) is 1.20. The van der Waals surface area contributed by atoms with Crippen LogP contribution in [0.15, 0.2) is 18.2 Å². The highest BCUT2D eigenvalue weighted by molar-refractivity contribution is 6.33. The molecule has 1 N–H and O–H groups in total. The maximum Gasteiger partial charge on any atom is 0.255 e. The number of hydrogen-bond donors (Lipinski definition) is 1. The molecule has 2 rings (SSSR count). The molecule has 0 saturated carbocycles. The molecule has 0 aliphatic carbocycles. The maximum atomic E-state index is 13.3. The molecule has 1 aliphatic heterocycles. The van der Waals surface area contributed by atoms with Crippen LogP contribution in [0.5, 0.6) is 0 Å². The predicted octanol–water partition coefficient (Wildman–Crippen LogP) is 1.61. The van der Waals surface area contributed by atoms with Crippen LogP contribution in [0.3, 0.4) is 0 Å². The molecule has 1 atom stereocenters. The number of carbonyl (C=O) groups is 1. The fraction of sp³-hybridized carbons (Fsp3) is 0.300. The van der Waals surface area contributed by atoms with E-state index in [-0.39, 0.29) is 16.7 Å². The quantitative estimate of drug-likeness (QED) is 0.800. The number of rotatable bonds is 3. The van der Waals surface area contributed by atoms with Crippen molar-refractivity contribution in [3.8, 4) is 0 Å². The van der Waals surface area contributed by atoms with Crippen LogP contribution in [-0.4, -0.2) is 25.2 Å².